The van der Waals surface area contributed by atoms with Crippen molar-refractivity contribution in [2.24, 2.45) is 0 Å². The third-order valence-electron chi connectivity index (χ3n) is 2.08. The van der Waals surface area contributed by atoms with Gasteiger partial charge >= 0.3 is 0 Å². The van der Waals surface area contributed by atoms with Crippen LogP contribution in [-0.4, -0.2) is 16.0 Å². The molecular formula is C10H10BrNO3. The molecule has 0 amide bonds. The maximum Gasteiger partial charge on any atom is 0.269 e. The Morgan fingerprint density at radius 1 is 1.53 bits per heavy atom. The molecule has 0 aliphatic heterocycles. The van der Waals surface area contributed by atoms with E-state index in [9.17, 15) is 14.9 Å². The normalized spacial score (nSPS) is 10.0. The van der Waals surface area contributed by atoms with Crippen LogP contribution in [0, 0.1) is 17.0 Å². The highest BCUT2D eigenvalue weighted by Crippen LogP contribution is 2.18. The number of ketones is 1. The predicted molar refractivity (Wildman–Crippen MR) is 60.3 cm³/mol. The maximum absolute atomic E-state index is 11.2. The summed E-state index contributed by atoms with van der Waals surface area (Å²) in [5, 5.41) is 10.8. The number of carbonyl (C=O) groups is 1. The van der Waals surface area contributed by atoms with E-state index in [2.05, 4.69) is 15.9 Å². The van der Waals surface area contributed by atoms with Crippen LogP contribution in [0.5, 0.6) is 0 Å². The number of halogens is 1. The molecule has 80 valence electrons. The van der Waals surface area contributed by atoms with Gasteiger partial charge in [0, 0.05) is 18.6 Å². The number of aryl methyl sites for hydroxylation is 1. The second kappa shape index (κ2) is 5.02. The average Bonchev–Trinajstić information content (AvgIpc) is 2.20. The Labute approximate surface area is 95.6 Å². The van der Waals surface area contributed by atoms with Gasteiger partial charge in [0.15, 0.2) is 0 Å². The molecule has 0 N–H and O–H groups in total. The highest BCUT2D eigenvalue weighted by atomic mass is 79.9. The fourth-order valence-corrected chi connectivity index (χ4v) is 1.42. The summed E-state index contributed by atoms with van der Waals surface area (Å²) in [4.78, 5) is 21.3. The third kappa shape index (κ3) is 3.13. The van der Waals surface area contributed by atoms with Gasteiger partial charge in [-0.15, -0.1) is 0 Å². The van der Waals surface area contributed by atoms with Crippen LogP contribution in [0.2, 0.25) is 0 Å². The minimum atomic E-state index is -0.457. The molecule has 0 aliphatic rings. The number of Topliss-reactive ketones (excluding diaryl/α,β-unsaturated/α-hetero) is 1. The van der Waals surface area contributed by atoms with Crippen molar-refractivity contribution in [1.29, 1.82) is 0 Å². The topological polar surface area (TPSA) is 60.2 Å². The summed E-state index contributed by atoms with van der Waals surface area (Å²) in [6.45, 7) is 1.83. The molecule has 0 aliphatic carbocycles. The van der Waals surface area contributed by atoms with Crippen molar-refractivity contribution in [2.45, 2.75) is 13.3 Å². The Morgan fingerprint density at radius 3 is 2.73 bits per heavy atom. The summed E-state index contributed by atoms with van der Waals surface area (Å²) in [6, 6.07) is 4.56. The van der Waals surface area contributed by atoms with Gasteiger partial charge in [-0.25, -0.2) is 0 Å². The van der Waals surface area contributed by atoms with E-state index >= 15 is 0 Å². The molecule has 1 rings (SSSR count). The largest absolute Gasteiger partial charge is 0.298 e. The van der Waals surface area contributed by atoms with Crippen LogP contribution in [-0.2, 0) is 11.2 Å². The van der Waals surface area contributed by atoms with Crippen LogP contribution < -0.4 is 0 Å². The predicted octanol–water partition coefficient (Wildman–Crippen LogP) is 2.41. The van der Waals surface area contributed by atoms with Crippen molar-refractivity contribution in [3.8, 4) is 0 Å². The van der Waals surface area contributed by atoms with E-state index in [-0.39, 0.29) is 23.2 Å². The third-order valence-corrected chi connectivity index (χ3v) is 2.71. The fourth-order valence-electron chi connectivity index (χ4n) is 1.22. The van der Waals surface area contributed by atoms with E-state index in [1.165, 1.54) is 12.1 Å². The second-order valence-electron chi connectivity index (χ2n) is 3.22. The zero-order valence-corrected chi connectivity index (χ0v) is 9.78. The van der Waals surface area contributed by atoms with Gasteiger partial charge in [0.2, 0.25) is 0 Å². The SMILES string of the molecule is Cc1ccc([N+](=O)[O-])cc1CC(=O)CBr. The number of hydrogen-bond donors (Lipinski definition) is 0. The molecule has 0 bridgehead atoms. The number of alkyl halides is 1. The summed E-state index contributed by atoms with van der Waals surface area (Å²) in [5.74, 6) is 0.0126. The molecule has 0 saturated carbocycles. The van der Waals surface area contributed by atoms with Crippen molar-refractivity contribution in [3.63, 3.8) is 0 Å². The van der Waals surface area contributed by atoms with Crippen molar-refractivity contribution >= 4 is 27.4 Å². The molecule has 0 fully saturated rings. The van der Waals surface area contributed by atoms with Gasteiger partial charge in [0.25, 0.3) is 5.69 Å². The van der Waals surface area contributed by atoms with Crippen molar-refractivity contribution in [1.82, 2.24) is 0 Å². The minimum absolute atomic E-state index is 0.0126. The lowest BCUT2D eigenvalue weighted by molar-refractivity contribution is -0.384. The number of nitrogens with zero attached hydrogens (tertiary/aromatic N) is 1. The molecule has 0 unspecified atom stereocenters. The Morgan fingerprint density at radius 2 is 2.20 bits per heavy atom. The van der Waals surface area contributed by atoms with Crippen molar-refractivity contribution in [3.05, 3.63) is 39.4 Å². The van der Waals surface area contributed by atoms with Crippen LogP contribution in [0.25, 0.3) is 0 Å². The molecule has 0 spiro atoms. The number of carbonyl (C=O) groups excluding carboxylic acids is 1. The average molecular weight is 272 g/mol. The molecule has 5 heteroatoms. The lowest BCUT2D eigenvalue weighted by Crippen LogP contribution is -2.05. The highest BCUT2D eigenvalue weighted by Gasteiger charge is 2.10. The van der Waals surface area contributed by atoms with Crippen LogP contribution in [0.1, 0.15) is 11.1 Å². The summed E-state index contributed by atoms with van der Waals surface area (Å²) >= 11 is 3.06. The van der Waals surface area contributed by atoms with Gasteiger partial charge in [-0.05, 0) is 18.1 Å². The van der Waals surface area contributed by atoms with Gasteiger partial charge < -0.3 is 0 Å². The summed E-state index contributed by atoms with van der Waals surface area (Å²) in [6.07, 6.45) is 0.235. The lowest BCUT2D eigenvalue weighted by atomic mass is 10.0. The van der Waals surface area contributed by atoms with E-state index in [1.807, 2.05) is 6.92 Å². The standard InChI is InChI=1S/C10H10BrNO3/c1-7-2-3-9(12(14)15)4-8(7)5-10(13)6-11/h2-4H,5-6H2,1H3. The monoisotopic (exact) mass is 271 g/mol. The van der Waals surface area contributed by atoms with E-state index in [0.717, 1.165) is 5.56 Å². The Balaban J connectivity index is 3.00. The highest BCUT2D eigenvalue weighted by molar-refractivity contribution is 9.09. The quantitative estimate of drug-likeness (QED) is 0.480. The first-order chi connectivity index (χ1) is 7.04. The number of nitro groups is 1. The zero-order valence-electron chi connectivity index (χ0n) is 8.20. The molecule has 1 aromatic carbocycles. The minimum Gasteiger partial charge on any atom is -0.298 e. The Hall–Kier alpha value is -1.23. The van der Waals surface area contributed by atoms with E-state index in [1.54, 1.807) is 6.07 Å². The molecule has 0 heterocycles. The molecule has 0 radical (unpaired) electrons. The van der Waals surface area contributed by atoms with Crippen LogP contribution >= 0.6 is 15.9 Å². The first kappa shape index (κ1) is 11.8. The number of non-ortho nitro benzene ring substituents is 1. The first-order valence-corrected chi connectivity index (χ1v) is 5.48. The van der Waals surface area contributed by atoms with E-state index < -0.39 is 4.92 Å². The smallest absolute Gasteiger partial charge is 0.269 e. The van der Waals surface area contributed by atoms with Gasteiger partial charge in [-0.2, -0.15) is 0 Å². The van der Waals surface area contributed by atoms with Gasteiger partial charge in [-0.1, -0.05) is 22.0 Å². The molecule has 0 atom stereocenters. The van der Waals surface area contributed by atoms with Gasteiger partial charge in [-0.3, -0.25) is 14.9 Å². The van der Waals surface area contributed by atoms with Crippen LogP contribution in [0.15, 0.2) is 18.2 Å². The number of hydrogen-bond acceptors (Lipinski definition) is 3. The number of benzene rings is 1. The maximum atomic E-state index is 11.2. The zero-order chi connectivity index (χ0) is 11.4. The molecule has 0 aromatic heterocycles. The van der Waals surface area contributed by atoms with Crippen molar-refractivity contribution < 1.29 is 9.72 Å². The fraction of sp³-hybridized carbons (Fsp3) is 0.300. The molecular weight excluding hydrogens is 262 g/mol. The number of rotatable bonds is 4. The first-order valence-electron chi connectivity index (χ1n) is 4.36. The summed E-state index contributed by atoms with van der Waals surface area (Å²) < 4.78 is 0. The van der Waals surface area contributed by atoms with Crippen LogP contribution in [0.3, 0.4) is 0 Å². The number of nitro benzene ring substituents is 1. The van der Waals surface area contributed by atoms with E-state index in [4.69, 9.17) is 0 Å². The van der Waals surface area contributed by atoms with E-state index in [0.29, 0.717) is 5.56 Å². The Kier molecular flexibility index (Phi) is 3.96. The molecule has 15 heavy (non-hydrogen) atoms. The van der Waals surface area contributed by atoms with Crippen LogP contribution in [0.4, 0.5) is 5.69 Å². The van der Waals surface area contributed by atoms with Gasteiger partial charge in [0.1, 0.15) is 5.78 Å². The lowest BCUT2D eigenvalue weighted by Gasteiger charge is -2.03. The second-order valence-corrected chi connectivity index (χ2v) is 3.78. The molecule has 1 aromatic rings. The summed E-state index contributed by atoms with van der Waals surface area (Å²) in [7, 11) is 0. The Bertz CT molecular complexity index is 404. The molecule has 4 nitrogen and oxygen atoms in total. The molecule has 0 saturated heterocycles. The summed E-state index contributed by atoms with van der Waals surface area (Å²) in [5.41, 5.74) is 1.64. The van der Waals surface area contributed by atoms with Crippen molar-refractivity contribution in [2.75, 3.05) is 5.33 Å². The van der Waals surface area contributed by atoms with Gasteiger partial charge in [0.05, 0.1) is 10.3 Å².